The van der Waals surface area contributed by atoms with E-state index in [9.17, 15) is 0 Å². The molecular formula is CaO4W. The number of hydrogen-bond donors (Lipinski definition) is 0. The Labute approximate surface area is 79.8 Å². The summed E-state index contributed by atoms with van der Waals surface area (Å²) in [7, 11) is 0. The minimum Gasteiger partial charge on any atom is -2.00 e. The van der Waals surface area contributed by atoms with Crippen LogP contribution in [0.3, 0.4) is 0 Å². The van der Waals surface area contributed by atoms with Gasteiger partial charge in [-0.1, -0.05) is 0 Å². The van der Waals surface area contributed by atoms with E-state index in [-0.39, 0.29) is 80.7 Å². The Morgan fingerprint density at radius 1 is 0.500 bits per heavy atom. The summed E-state index contributed by atoms with van der Waals surface area (Å²) in [4.78, 5) is 0. The summed E-state index contributed by atoms with van der Waals surface area (Å²) in [6, 6.07) is 0. The summed E-state index contributed by atoms with van der Waals surface area (Å²) in [5.74, 6) is 0. The maximum Gasteiger partial charge on any atom is 6.00 e. The molecule has 0 saturated heterocycles. The minimum atomic E-state index is 0. The van der Waals surface area contributed by atoms with Gasteiger partial charge in [0.25, 0.3) is 0 Å². The maximum absolute atomic E-state index is 0. The van der Waals surface area contributed by atoms with Gasteiger partial charge in [0.05, 0.1) is 0 Å². The van der Waals surface area contributed by atoms with Gasteiger partial charge in [-0.15, -0.1) is 0 Å². The Bertz CT molecular complexity index is 7.51. The molecular weight excluding hydrogens is 288 g/mol. The quantitative estimate of drug-likeness (QED) is 0.516. The molecule has 0 aliphatic rings. The van der Waals surface area contributed by atoms with E-state index in [1.54, 1.807) is 0 Å². The van der Waals surface area contributed by atoms with Crippen LogP contribution in [-0.2, 0) is 43.0 Å². The first-order valence-corrected chi connectivity index (χ1v) is 0. The van der Waals surface area contributed by atoms with Gasteiger partial charge < -0.3 is 21.9 Å². The van der Waals surface area contributed by atoms with Gasteiger partial charge >= 0.3 is 58.8 Å². The first-order valence-electron chi connectivity index (χ1n) is 0. The standard InChI is InChI=1S/Ca.4O.W/q+2;4*-2;+6. The molecule has 0 radical (unpaired) electrons. The van der Waals surface area contributed by atoms with Crippen molar-refractivity contribution in [3.8, 4) is 0 Å². The van der Waals surface area contributed by atoms with Crippen LogP contribution in [0.4, 0.5) is 0 Å². The predicted octanol–water partition coefficient (Wildman–Crippen LogP) is -0.859. The molecule has 0 N–H and O–H groups in total. The Morgan fingerprint density at radius 3 is 0.500 bits per heavy atom. The van der Waals surface area contributed by atoms with Crippen molar-refractivity contribution in [3.05, 3.63) is 0 Å². The zero-order valence-electron chi connectivity index (χ0n) is 2.75. The van der Waals surface area contributed by atoms with Gasteiger partial charge in [0.1, 0.15) is 0 Å². The van der Waals surface area contributed by atoms with E-state index in [0.717, 1.165) is 0 Å². The number of rotatable bonds is 0. The fourth-order valence-electron chi connectivity index (χ4n) is 0. The van der Waals surface area contributed by atoms with Crippen molar-refractivity contribution in [1.29, 1.82) is 0 Å². The fraction of sp³-hybridized carbons (Fsp3) is 0. The molecule has 32 valence electrons. The summed E-state index contributed by atoms with van der Waals surface area (Å²) in [6.45, 7) is 0. The van der Waals surface area contributed by atoms with Crippen LogP contribution >= 0.6 is 0 Å². The number of hydrogen-bond acceptors (Lipinski definition) is 0. The normalized spacial score (nSPS) is 0. The van der Waals surface area contributed by atoms with E-state index in [0.29, 0.717) is 0 Å². The Balaban J connectivity index is 0. The Kier molecular flexibility index (Phi) is 1330. The molecule has 0 aliphatic carbocycles. The van der Waals surface area contributed by atoms with Crippen molar-refractivity contribution < 1.29 is 43.0 Å². The second-order valence-electron chi connectivity index (χ2n) is 0. The van der Waals surface area contributed by atoms with E-state index in [4.69, 9.17) is 0 Å². The Hall–Kier alpha value is 1.79. The summed E-state index contributed by atoms with van der Waals surface area (Å²) in [5, 5.41) is 0. The molecule has 0 unspecified atom stereocenters. The predicted molar refractivity (Wildman–Crippen MR) is 8.50 cm³/mol. The average molecular weight is 288 g/mol. The van der Waals surface area contributed by atoms with Gasteiger partial charge in [-0.05, 0) is 0 Å². The molecule has 0 atom stereocenters. The Morgan fingerprint density at radius 2 is 0.500 bits per heavy atom. The molecule has 0 fully saturated rings. The van der Waals surface area contributed by atoms with Gasteiger partial charge in [-0.3, -0.25) is 0 Å². The molecule has 0 heterocycles. The molecule has 0 amide bonds. The molecule has 6 heavy (non-hydrogen) atoms. The van der Waals surface area contributed by atoms with Crippen molar-refractivity contribution in [1.82, 2.24) is 0 Å². The van der Waals surface area contributed by atoms with Crippen LogP contribution in [0.25, 0.3) is 0 Å². The molecule has 0 saturated carbocycles. The molecule has 0 rings (SSSR count). The zero-order valence-corrected chi connectivity index (χ0v) is 7.89. The molecule has 0 aromatic rings. The van der Waals surface area contributed by atoms with Gasteiger partial charge in [0.2, 0.25) is 0 Å². The van der Waals surface area contributed by atoms with Crippen LogP contribution < -0.4 is 0 Å². The zero-order chi connectivity index (χ0) is 0. The van der Waals surface area contributed by atoms with Crippen LogP contribution in [-0.4, -0.2) is 37.7 Å². The van der Waals surface area contributed by atoms with Crippen LogP contribution in [0.1, 0.15) is 0 Å². The summed E-state index contributed by atoms with van der Waals surface area (Å²) in [6.07, 6.45) is 0. The first-order chi connectivity index (χ1) is 0. The molecule has 6 heteroatoms. The molecule has 0 spiro atoms. The van der Waals surface area contributed by atoms with E-state index in [1.807, 2.05) is 0 Å². The van der Waals surface area contributed by atoms with Crippen LogP contribution in [0.5, 0.6) is 0 Å². The van der Waals surface area contributed by atoms with E-state index >= 15 is 0 Å². The van der Waals surface area contributed by atoms with Crippen LogP contribution in [0, 0.1) is 0 Å². The summed E-state index contributed by atoms with van der Waals surface area (Å²) in [5.41, 5.74) is 0. The SMILES string of the molecule is [Ca+2].[O-2].[O-2].[O-2].[O-2].[W+6]. The third-order valence-electron chi connectivity index (χ3n) is 0. The first kappa shape index (κ1) is 112. The summed E-state index contributed by atoms with van der Waals surface area (Å²) < 4.78 is 0. The second kappa shape index (κ2) is 71.1. The van der Waals surface area contributed by atoms with Crippen molar-refractivity contribution in [2.45, 2.75) is 0 Å². The fourth-order valence-corrected chi connectivity index (χ4v) is 0. The molecule has 0 aromatic heterocycles. The molecule has 4 nitrogen and oxygen atoms in total. The second-order valence-corrected chi connectivity index (χ2v) is 0. The topological polar surface area (TPSA) is 114 Å². The van der Waals surface area contributed by atoms with Crippen LogP contribution in [0.15, 0.2) is 0 Å². The van der Waals surface area contributed by atoms with E-state index in [2.05, 4.69) is 0 Å². The molecule has 0 aliphatic heterocycles. The van der Waals surface area contributed by atoms with Gasteiger partial charge in [0.15, 0.2) is 0 Å². The van der Waals surface area contributed by atoms with Crippen molar-refractivity contribution in [3.63, 3.8) is 0 Å². The van der Waals surface area contributed by atoms with Crippen molar-refractivity contribution in [2.24, 2.45) is 0 Å². The van der Waals surface area contributed by atoms with Crippen molar-refractivity contribution in [2.75, 3.05) is 0 Å². The smallest absolute Gasteiger partial charge is 2.00 e. The minimum absolute atomic E-state index is 0. The van der Waals surface area contributed by atoms with Gasteiger partial charge in [-0.25, -0.2) is 0 Å². The van der Waals surface area contributed by atoms with E-state index in [1.165, 1.54) is 0 Å². The average Bonchev–Trinajstić information content (AvgIpc) is 0. The van der Waals surface area contributed by atoms with Gasteiger partial charge in [0, 0.05) is 0 Å². The monoisotopic (exact) mass is 288 g/mol. The molecule has 0 aromatic carbocycles. The van der Waals surface area contributed by atoms with Crippen LogP contribution in [0.2, 0.25) is 0 Å². The van der Waals surface area contributed by atoms with E-state index < -0.39 is 0 Å². The van der Waals surface area contributed by atoms with Gasteiger partial charge in [-0.2, -0.15) is 0 Å². The third kappa shape index (κ3) is 41.5. The summed E-state index contributed by atoms with van der Waals surface area (Å²) >= 11 is 0. The van der Waals surface area contributed by atoms with Crippen molar-refractivity contribution >= 4 is 37.7 Å². The maximum atomic E-state index is 0. The third-order valence-corrected chi connectivity index (χ3v) is 0. The largest absolute Gasteiger partial charge is 6.00 e. The molecule has 0 bridgehead atoms.